The molecule has 0 saturated heterocycles. The van der Waals surface area contributed by atoms with Gasteiger partial charge in [0.2, 0.25) is 0 Å². The average molecular weight is 130 g/mol. The molecule has 0 radical (unpaired) electrons. The van der Waals surface area contributed by atoms with Gasteiger partial charge < -0.3 is 14.3 Å². The van der Waals surface area contributed by atoms with Crippen molar-refractivity contribution in [1.29, 1.82) is 0 Å². The van der Waals surface area contributed by atoms with E-state index in [0.717, 1.165) is 6.29 Å². The van der Waals surface area contributed by atoms with Crippen LogP contribution in [0.4, 0.5) is 0 Å². The lowest BCUT2D eigenvalue weighted by Gasteiger charge is -2.02. The van der Waals surface area contributed by atoms with Crippen LogP contribution in [0, 0.1) is 0 Å². The number of carbonyl (C=O) groups excluding carboxylic acids is 2. The van der Waals surface area contributed by atoms with E-state index in [1.807, 2.05) is 0 Å². The molecule has 0 heterocycles. The SMILES string of the molecule is COC(C=O)CCC=O. The number of ether oxygens (including phenoxy) is 1. The van der Waals surface area contributed by atoms with Crippen molar-refractivity contribution in [2.24, 2.45) is 0 Å². The van der Waals surface area contributed by atoms with Gasteiger partial charge in [0.1, 0.15) is 18.7 Å². The Hall–Kier alpha value is -0.700. The predicted molar refractivity (Wildman–Crippen MR) is 32.2 cm³/mol. The molecule has 1 unspecified atom stereocenters. The van der Waals surface area contributed by atoms with Crippen LogP contribution in [0.25, 0.3) is 0 Å². The standard InChI is InChI=1S/C6H10O3/c1-9-6(5-8)3-2-4-7/h4-6H,2-3H2,1H3. The van der Waals surface area contributed by atoms with Gasteiger partial charge in [-0.2, -0.15) is 0 Å². The van der Waals surface area contributed by atoms with Crippen molar-refractivity contribution < 1.29 is 14.3 Å². The highest BCUT2D eigenvalue weighted by atomic mass is 16.5. The number of hydrogen-bond acceptors (Lipinski definition) is 3. The van der Waals surface area contributed by atoms with Gasteiger partial charge in [-0.05, 0) is 6.42 Å². The Kier molecular flexibility index (Phi) is 5.01. The third-order valence-electron chi connectivity index (χ3n) is 1.02. The van der Waals surface area contributed by atoms with Gasteiger partial charge in [-0.1, -0.05) is 0 Å². The second-order valence-electron chi connectivity index (χ2n) is 1.65. The molecule has 0 rings (SSSR count). The number of rotatable bonds is 5. The maximum Gasteiger partial charge on any atom is 0.148 e. The van der Waals surface area contributed by atoms with Crippen molar-refractivity contribution in [3.8, 4) is 0 Å². The Labute approximate surface area is 54.0 Å². The summed E-state index contributed by atoms with van der Waals surface area (Å²) in [5.41, 5.74) is 0. The fraction of sp³-hybridized carbons (Fsp3) is 0.667. The molecular weight excluding hydrogens is 120 g/mol. The molecule has 0 amide bonds. The molecule has 0 N–H and O–H groups in total. The van der Waals surface area contributed by atoms with E-state index in [9.17, 15) is 9.59 Å². The van der Waals surface area contributed by atoms with Crippen LogP contribution in [0.5, 0.6) is 0 Å². The minimum Gasteiger partial charge on any atom is -0.374 e. The summed E-state index contributed by atoms with van der Waals surface area (Å²) >= 11 is 0. The Bertz CT molecular complexity index is 90.3. The quantitative estimate of drug-likeness (QED) is 0.498. The third kappa shape index (κ3) is 3.85. The predicted octanol–water partition coefficient (Wildman–Crippen LogP) is 0.179. The first-order valence-electron chi connectivity index (χ1n) is 2.77. The minimum atomic E-state index is -0.407. The van der Waals surface area contributed by atoms with E-state index in [1.54, 1.807) is 0 Å². The monoisotopic (exact) mass is 130 g/mol. The lowest BCUT2D eigenvalue weighted by molar-refractivity contribution is -0.117. The molecule has 52 valence electrons. The van der Waals surface area contributed by atoms with Crippen LogP contribution in [0.1, 0.15) is 12.8 Å². The fourth-order valence-electron chi connectivity index (χ4n) is 0.474. The molecule has 0 aliphatic carbocycles. The second-order valence-corrected chi connectivity index (χ2v) is 1.65. The fourth-order valence-corrected chi connectivity index (χ4v) is 0.474. The molecule has 0 aliphatic heterocycles. The number of methoxy groups -OCH3 is 1. The Morgan fingerprint density at radius 2 is 2.22 bits per heavy atom. The molecule has 9 heavy (non-hydrogen) atoms. The van der Waals surface area contributed by atoms with Gasteiger partial charge in [-0.3, -0.25) is 0 Å². The molecule has 0 aromatic heterocycles. The first-order valence-corrected chi connectivity index (χ1v) is 2.77. The molecule has 1 atom stereocenters. The topological polar surface area (TPSA) is 43.4 Å². The van der Waals surface area contributed by atoms with Crippen LogP contribution in [0.2, 0.25) is 0 Å². The van der Waals surface area contributed by atoms with Crippen molar-refractivity contribution in [2.45, 2.75) is 18.9 Å². The zero-order chi connectivity index (χ0) is 7.11. The van der Waals surface area contributed by atoms with Crippen molar-refractivity contribution in [1.82, 2.24) is 0 Å². The van der Waals surface area contributed by atoms with E-state index >= 15 is 0 Å². The van der Waals surface area contributed by atoms with Gasteiger partial charge in [-0.25, -0.2) is 0 Å². The molecule has 0 spiro atoms. The summed E-state index contributed by atoms with van der Waals surface area (Å²) in [6.45, 7) is 0. The van der Waals surface area contributed by atoms with Crippen LogP contribution in [-0.4, -0.2) is 25.8 Å². The maximum atomic E-state index is 10.0. The summed E-state index contributed by atoms with van der Waals surface area (Å²) < 4.78 is 4.67. The maximum absolute atomic E-state index is 10.0. The number of carbonyl (C=O) groups is 2. The molecule has 0 aromatic rings. The van der Waals surface area contributed by atoms with Gasteiger partial charge in [0.05, 0.1) is 0 Å². The molecule has 0 bridgehead atoms. The Morgan fingerprint density at radius 3 is 2.56 bits per heavy atom. The van der Waals surface area contributed by atoms with E-state index in [1.165, 1.54) is 7.11 Å². The van der Waals surface area contributed by atoms with E-state index in [-0.39, 0.29) is 0 Å². The van der Waals surface area contributed by atoms with Gasteiger partial charge in [0.25, 0.3) is 0 Å². The largest absolute Gasteiger partial charge is 0.374 e. The van der Waals surface area contributed by atoms with Crippen LogP contribution in [-0.2, 0) is 14.3 Å². The lowest BCUT2D eigenvalue weighted by atomic mass is 10.2. The highest BCUT2D eigenvalue weighted by molar-refractivity contribution is 5.57. The summed E-state index contributed by atoms with van der Waals surface area (Å²) in [6, 6.07) is 0. The highest BCUT2D eigenvalue weighted by Crippen LogP contribution is 1.94. The first kappa shape index (κ1) is 8.30. The van der Waals surface area contributed by atoms with Crippen molar-refractivity contribution in [3.63, 3.8) is 0 Å². The van der Waals surface area contributed by atoms with Gasteiger partial charge in [0, 0.05) is 13.5 Å². The molecule has 0 saturated carbocycles. The summed E-state index contributed by atoms with van der Waals surface area (Å²) in [4.78, 5) is 19.8. The Balaban J connectivity index is 3.30. The number of hydrogen-bond donors (Lipinski definition) is 0. The normalized spacial score (nSPS) is 12.6. The van der Waals surface area contributed by atoms with Gasteiger partial charge in [0.15, 0.2) is 0 Å². The molecule has 3 heteroatoms. The van der Waals surface area contributed by atoms with Crippen LogP contribution in [0.15, 0.2) is 0 Å². The summed E-state index contributed by atoms with van der Waals surface area (Å²) in [5.74, 6) is 0. The van der Waals surface area contributed by atoms with Crippen LogP contribution in [0.3, 0.4) is 0 Å². The van der Waals surface area contributed by atoms with E-state index in [0.29, 0.717) is 19.1 Å². The average Bonchev–Trinajstić information content (AvgIpc) is 1.91. The smallest absolute Gasteiger partial charge is 0.148 e. The van der Waals surface area contributed by atoms with Crippen molar-refractivity contribution in [3.05, 3.63) is 0 Å². The summed E-state index contributed by atoms with van der Waals surface area (Å²) in [6.07, 6.45) is 1.94. The number of aldehydes is 2. The summed E-state index contributed by atoms with van der Waals surface area (Å²) in [7, 11) is 1.45. The van der Waals surface area contributed by atoms with E-state index < -0.39 is 6.10 Å². The van der Waals surface area contributed by atoms with E-state index in [4.69, 9.17) is 0 Å². The molecule has 3 nitrogen and oxygen atoms in total. The Morgan fingerprint density at radius 1 is 1.56 bits per heavy atom. The van der Waals surface area contributed by atoms with Gasteiger partial charge in [-0.15, -0.1) is 0 Å². The highest BCUT2D eigenvalue weighted by Gasteiger charge is 2.02. The zero-order valence-electron chi connectivity index (χ0n) is 5.37. The van der Waals surface area contributed by atoms with Crippen molar-refractivity contribution >= 4 is 12.6 Å². The van der Waals surface area contributed by atoms with Gasteiger partial charge >= 0.3 is 0 Å². The third-order valence-corrected chi connectivity index (χ3v) is 1.02. The lowest BCUT2D eigenvalue weighted by Crippen LogP contribution is -2.11. The van der Waals surface area contributed by atoms with E-state index in [2.05, 4.69) is 4.74 Å². The summed E-state index contributed by atoms with van der Waals surface area (Å²) in [5, 5.41) is 0. The zero-order valence-corrected chi connectivity index (χ0v) is 5.37. The first-order chi connectivity index (χ1) is 4.35. The van der Waals surface area contributed by atoms with Crippen LogP contribution >= 0.6 is 0 Å². The minimum absolute atomic E-state index is 0.386. The molecule has 0 aliphatic rings. The molecule has 0 fully saturated rings. The van der Waals surface area contributed by atoms with Crippen LogP contribution < -0.4 is 0 Å². The molecular formula is C6H10O3. The van der Waals surface area contributed by atoms with Crippen molar-refractivity contribution in [2.75, 3.05) is 7.11 Å². The molecule has 0 aromatic carbocycles. The second kappa shape index (κ2) is 5.44.